The molecule has 0 aliphatic heterocycles. The second-order valence-corrected chi connectivity index (χ2v) is 8.92. The third-order valence-corrected chi connectivity index (χ3v) is 5.25. The Labute approximate surface area is 227 Å². The maximum Gasteiger partial charge on any atom is 0.305 e. The number of ketones is 2. The number of amides is 4. The Morgan fingerprint density at radius 1 is 0.667 bits per heavy atom. The van der Waals surface area contributed by atoms with Gasteiger partial charge in [0.2, 0.25) is 35.2 Å². The molecule has 0 aliphatic carbocycles. The molecule has 0 fully saturated rings. The zero-order chi connectivity index (χ0) is 30.4. The summed E-state index contributed by atoms with van der Waals surface area (Å²) < 4.78 is 0. The average Bonchev–Trinajstić information content (AvgIpc) is 2.81. The van der Waals surface area contributed by atoms with Gasteiger partial charge >= 0.3 is 17.9 Å². The van der Waals surface area contributed by atoms with Gasteiger partial charge in [0, 0.05) is 13.3 Å². The minimum absolute atomic E-state index is 0.496. The van der Waals surface area contributed by atoms with Crippen molar-refractivity contribution in [3.63, 3.8) is 0 Å². The summed E-state index contributed by atoms with van der Waals surface area (Å²) in [6.45, 7) is 3.95. The molecule has 0 radical (unpaired) electrons. The van der Waals surface area contributed by atoms with E-state index in [0.717, 1.165) is 6.92 Å². The summed E-state index contributed by atoms with van der Waals surface area (Å²) in [6, 6.07) is -6.47. The van der Waals surface area contributed by atoms with Crippen LogP contribution in [0.15, 0.2) is 0 Å². The summed E-state index contributed by atoms with van der Waals surface area (Å²) in [5, 5.41) is 35.7. The molecule has 0 aliphatic rings. The predicted octanol–water partition coefficient (Wildman–Crippen LogP) is -2.21. The van der Waals surface area contributed by atoms with Crippen LogP contribution in [0.2, 0.25) is 0 Å². The first kappa shape index (κ1) is 34.9. The highest BCUT2D eigenvalue weighted by Crippen LogP contribution is 2.08. The van der Waals surface area contributed by atoms with Crippen LogP contribution in [-0.4, -0.2) is 98.5 Å². The normalized spacial score (nSPS) is 13.7. The van der Waals surface area contributed by atoms with E-state index in [1.165, 1.54) is 13.8 Å². The highest BCUT2D eigenvalue weighted by Gasteiger charge is 2.34. The summed E-state index contributed by atoms with van der Waals surface area (Å²) in [6.07, 6.45) is -2.94. The van der Waals surface area contributed by atoms with Crippen LogP contribution >= 0.6 is 11.6 Å². The molecule has 4 amide bonds. The van der Waals surface area contributed by atoms with E-state index in [2.05, 4.69) is 21.3 Å². The summed E-state index contributed by atoms with van der Waals surface area (Å²) in [5.74, 6) is -12.2. The SMILES string of the molecule is CC(=O)N[C@@H](CC(=O)O)C(=O)N[C@@H](CCC(=O)O)C(=O)N[C@H](C(=O)N[C@@H](CC(=O)O)C(=O)C(=O)CCl)C(C)C. The van der Waals surface area contributed by atoms with E-state index in [9.17, 15) is 43.2 Å². The zero-order valence-electron chi connectivity index (χ0n) is 21.3. The highest BCUT2D eigenvalue weighted by molar-refractivity contribution is 6.48. The quantitative estimate of drug-likeness (QED) is 0.0674. The molecule has 0 aromatic carbocycles. The van der Waals surface area contributed by atoms with Crippen LogP contribution in [0, 0.1) is 5.92 Å². The third-order valence-electron chi connectivity index (χ3n) is 5.01. The number of alkyl halides is 1. The number of hydrogen-bond acceptors (Lipinski definition) is 9. The monoisotopic (exact) mass is 578 g/mol. The smallest absolute Gasteiger partial charge is 0.305 e. The molecule has 0 heterocycles. The second kappa shape index (κ2) is 16.7. The first-order valence-electron chi connectivity index (χ1n) is 11.5. The number of halogens is 1. The van der Waals surface area contributed by atoms with Gasteiger partial charge in [0.1, 0.15) is 24.2 Å². The number of nitrogens with one attached hydrogen (secondary N) is 4. The van der Waals surface area contributed by atoms with Gasteiger partial charge in [-0.25, -0.2) is 0 Å². The minimum Gasteiger partial charge on any atom is -0.481 e. The highest BCUT2D eigenvalue weighted by atomic mass is 35.5. The largest absolute Gasteiger partial charge is 0.481 e. The molecule has 16 nitrogen and oxygen atoms in total. The molecule has 39 heavy (non-hydrogen) atoms. The van der Waals surface area contributed by atoms with Crippen LogP contribution in [0.25, 0.3) is 0 Å². The van der Waals surface area contributed by atoms with Crippen molar-refractivity contribution in [1.82, 2.24) is 21.3 Å². The van der Waals surface area contributed by atoms with Crippen molar-refractivity contribution >= 4 is 64.7 Å². The average molecular weight is 579 g/mol. The van der Waals surface area contributed by atoms with Gasteiger partial charge in [-0.1, -0.05) is 13.8 Å². The maximum atomic E-state index is 13.0. The molecule has 7 N–H and O–H groups in total. The Balaban J connectivity index is 5.91. The number of Topliss-reactive ketones (excluding diaryl/α,β-unsaturated/α-hetero) is 2. The molecule has 0 saturated carbocycles. The van der Waals surface area contributed by atoms with Crippen LogP contribution in [0.3, 0.4) is 0 Å². The Kier molecular flexibility index (Phi) is 15.0. The Morgan fingerprint density at radius 3 is 1.59 bits per heavy atom. The van der Waals surface area contributed by atoms with Crippen molar-refractivity contribution < 1.29 is 58.5 Å². The summed E-state index contributed by atoms with van der Waals surface area (Å²) in [5.41, 5.74) is 0. The molecule has 218 valence electrons. The fraction of sp³-hybridized carbons (Fsp3) is 0.591. The van der Waals surface area contributed by atoms with Gasteiger partial charge in [0.05, 0.1) is 18.7 Å². The molecule has 17 heteroatoms. The van der Waals surface area contributed by atoms with E-state index in [-0.39, 0.29) is 0 Å². The summed E-state index contributed by atoms with van der Waals surface area (Å²) in [4.78, 5) is 107. The van der Waals surface area contributed by atoms with Crippen molar-refractivity contribution in [2.24, 2.45) is 5.92 Å². The topological polar surface area (TPSA) is 262 Å². The fourth-order valence-electron chi connectivity index (χ4n) is 3.13. The van der Waals surface area contributed by atoms with Crippen molar-refractivity contribution in [3.05, 3.63) is 0 Å². The number of aliphatic carboxylic acids is 3. The van der Waals surface area contributed by atoms with Crippen LogP contribution in [-0.2, 0) is 43.2 Å². The molecule has 0 rings (SSSR count). The lowest BCUT2D eigenvalue weighted by Crippen LogP contribution is -2.59. The molecule has 0 unspecified atom stereocenters. The molecular weight excluding hydrogens is 548 g/mol. The number of carbonyl (C=O) groups excluding carboxylic acids is 6. The van der Waals surface area contributed by atoms with E-state index in [1.54, 1.807) is 0 Å². The van der Waals surface area contributed by atoms with Crippen LogP contribution in [0.5, 0.6) is 0 Å². The van der Waals surface area contributed by atoms with Crippen molar-refractivity contribution in [3.8, 4) is 0 Å². The van der Waals surface area contributed by atoms with Crippen molar-refractivity contribution in [1.29, 1.82) is 0 Å². The fourth-order valence-corrected chi connectivity index (χ4v) is 3.26. The van der Waals surface area contributed by atoms with Crippen molar-refractivity contribution in [2.45, 2.75) is 70.6 Å². The maximum absolute atomic E-state index is 13.0. The van der Waals surface area contributed by atoms with E-state index in [1.807, 2.05) is 0 Å². The zero-order valence-corrected chi connectivity index (χ0v) is 22.1. The Bertz CT molecular complexity index is 984. The van der Waals surface area contributed by atoms with E-state index >= 15 is 0 Å². The molecule has 0 bridgehead atoms. The predicted molar refractivity (Wildman–Crippen MR) is 130 cm³/mol. The molecule has 0 aromatic rings. The second-order valence-electron chi connectivity index (χ2n) is 8.65. The molecule has 0 saturated heterocycles. The van der Waals surface area contributed by atoms with Gasteiger partial charge in [-0.2, -0.15) is 0 Å². The number of rotatable bonds is 18. The van der Waals surface area contributed by atoms with Gasteiger partial charge in [0.25, 0.3) is 0 Å². The molecular formula is C22H31ClN4O12. The van der Waals surface area contributed by atoms with E-state index in [0.29, 0.717) is 0 Å². The standard InChI is InChI=1S/C22H31ClN4O12/c1-9(2)18(22(39)26-12(6-16(32)33)19(36)14(29)8-23)27-20(37)11(4-5-15(30)31)25-21(38)13(7-17(34)35)24-10(3)28/h9,11-13,18H,4-8H2,1-3H3,(H,24,28)(H,25,38)(H,26,39)(H,27,37)(H,30,31)(H,32,33)(H,34,35)/t11-,12-,13-,18-/m0/s1. The lowest BCUT2D eigenvalue weighted by atomic mass is 10.00. The number of carbonyl (C=O) groups is 9. The summed E-state index contributed by atoms with van der Waals surface area (Å²) in [7, 11) is 0. The van der Waals surface area contributed by atoms with Gasteiger partial charge in [-0.05, 0) is 12.3 Å². The summed E-state index contributed by atoms with van der Waals surface area (Å²) >= 11 is 5.33. The molecule has 4 atom stereocenters. The van der Waals surface area contributed by atoms with Crippen LogP contribution in [0.4, 0.5) is 0 Å². The third kappa shape index (κ3) is 13.3. The number of hydrogen-bond donors (Lipinski definition) is 7. The lowest BCUT2D eigenvalue weighted by Gasteiger charge is -2.27. The minimum atomic E-state index is -1.80. The molecule has 0 aromatic heterocycles. The van der Waals surface area contributed by atoms with Crippen molar-refractivity contribution in [2.75, 3.05) is 5.88 Å². The van der Waals surface area contributed by atoms with E-state index < -0.39 is 115 Å². The van der Waals surface area contributed by atoms with Crippen LogP contribution in [0.1, 0.15) is 46.5 Å². The van der Waals surface area contributed by atoms with Gasteiger partial charge in [-0.3, -0.25) is 43.2 Å². The Morgan fingerprint density at radius 2 is 1.15 bits per heavy atom. The van der Waals surface area contributed by atoms with Gasteiger partial charge in [-0.15, -0.1) is 11.6 Å². The van der Waals surface area contributed by atoms with Crippen LogP contribution < -0.4 is 21.3 Å². The van der Waals surface area contributed by atoms with E-state index in [4.69, 9.17) is 26.9 Å². The number of carboxylic acids is 3. The first-order chi connectivity index (χ1) is 18.0. The number of carboxylic acid groups (broad SMARTS) is 3. The van der Waals surface area contributed by atoms with Gasteiger partial charge in [0.15, 0.2) is 0 Å². The lowest BCUT2D eigenvalue weighted by molar-refractivity contribution is -0.143. The van der Waals surface area contributed by atoms with Gasteiger partial charge < -0.3 is 36.6 Å². The first-order valence-corrected chi connectivity index (χ1v) is 12.0. The Hall–Kier alpha value is -4.08. The molecule has 0 spiro atoms.